The molecule has 0 amide bonds. The minimum atomic E-state index is 0.601. The highest BCUT2D eigenvalue weighted by Crippen LogP contribution is 2.32. The van der Waals surface area contributed by atoms with E-state index in [4.69, 9.17) is 22.1 Å². The van der Waals surface area contributed by atoms with Crippen molar-refractivity contribution in [3.05, 3.63) is 82.9 Å². The maximum Gasteiger partial charge on any atom is 0.0991 e. The molecule has 0 unspecified atom stereocenters. The van der Waals surface area contributed by atoms with Crippen LogP contribution in [0.15, 0.2) is 66.7 Å². The topological polar surface area (TPSA) is 47.6 Å². The Hall–Kier alpha value is -3.07. The lowest BCUT2D eigenvalue weighted by molar-refractivity contribution is 1.48. The first kappa shape index (κ1) is 14.9. The summed E-state index contributed by atoms with van der Waals surface area (Å²) in [5.41, 5.74) is 4.90. The molecule has 3 aromatic carbocycles. The summed E-state index contributed by atoms with van der Waals surface area (Å²) in [5, 5.41) is 18.6. The van der Waals surface area contributed by atoms with Crippen molar-refractivity contribution in [1.82, 2.24) is 0 Å². The third-order valence-corrected chi connectivity index (χ3v) is 3.91. The fraction of sp³-hybridized carbons (Fsp3) is 0. The summed E-state index contributed by atoms with van der Waals surface area (Å²) in [6, 6.07) is 24.8. The summed E-state index contributed by atoms with van der Waals surface area (Å²) in [4.78, 5) is 0. The zero-order chi connectivity index (χ0) is 16.2. The molecule has 0 aliphatic rings. The summed E-state index contributed by atoms with van der Waals surface area (Å²) < 4.78 is 0. The Bertz CT molecular complexity index is 962. The molecule has 0 saturated heterocycles. The van der Waals surface area contributed by atoms with Crippen LogP contribution in [0.25, 0.3) is 22.3 Å². The molecule has 0 saturated carbocycles. The minimum Gasteiger partial charge on any atom is -0.192 e. The molecule has 0 heterocycles. The van der Waals surface area contributed by atoms with Crippen LogP contribution in [0.1, 0.15) is 11.1 Å². The Labute approximate surface area is 139 Å². The van der Waals surface area contributed by atoms with E-state index in [-0.39, 0.29) is 0 Å². The van der Waals surface area contributed by atoms with E-state index in [1.165, 1.54) is 0 Å². The summed E-state index contributed by atoms with van der Waals surface area (Å²) in [6.45, 7) is 0. The molecule has 0 aromatic heterocycles. The van der Waals surface area contributed by atoms with Crippen LogP contribution in [-0.4, -0.2) is 0 Å². The molecule has 23 heavy (non-hydrogen) atoms. The molecule has 2 nitrogen and oxygen atoms in total. The van der Waals surface area contributed by atoms with Gasteiger partial charge in [-0.25, -0.2) is 0 Å². The third-order valence-electron chi connectivity index (χ3n) is 3.60. The maximum absolute atomic E-state index is 9.01. The van der Waals surface area contributed by atoms with Crippen LogP contribution >= 0.6 is 11.6 Å². The van der Waals surface area contributed by atoms with Gasteiger partial charge in [0, 0.05) is 10.6 Å². The number of rotatable bonds is 2. The number of hydrogen-bond donors (Lipinski definition) is 0. The van der Waals surface area contributed by atoms with Crippen LogP contribution in [-0.2, 0) is 0 Å². The molecule has 0 atom stereocenters. The SMILES string of the molecule is N#Cc1cccc(-c2ccc(-c3cccc(C#N)c3)c(Cl)c2)c1. The maximum atomic E-state index is 9.01. The molecule has 3 rings (SSSR count). The molecule has 0 N–H and O–H groups in total. The van der Waals surface area contributed by atoms with Gasteiger partial charge in [-0.3, -0.25) is 0 Å². The minimum absolute atomic E-state index is 0.601. The monoisotopic (exact) mass is 314 g/mol. The van der Waals surface area contributed by atoms with E-state index in [1.54, 1.807) is 12.1 Å². The van der Waals surface area contributed by atoms with Crippen molar-refractivity contribution in [3.8, 4) is 34.4 Å². The highest BCUT2D eigenvalue weighted by molar-refractivity contribution is 6.33. The summed E-state index contributed by atoms with van der Waals surface area (Å²) in [5.74, 6) is 0. The normalized spacial score (nSPS) is 9.87. The van der Waals surface area contributed by atoms with E-state index < -0.39 is 0 Å². The molecule has 3 aromatic rings. The van der Waals surface area contributed by atoms with Crippen LogP contribution in [0.4, 0.5) is 0 Å². The van der Waals surface area contributed by atoms with E-state index in [0.717, 1.165) is 22.3 Å². The Morgan fingerprint density at radius 1 is 0.652 bits per heavy atom. The summed E-state index contributed by atoms with van der Waals surface area (Å²) >= 11 is 6.44. The largest absolute Gasteiger partial charge is 0.192 e. The first-order valence-electron chi connectivity index (χ1n) is 7.02. The van der Waals surface area contributed by atoms with Gasteiger partial charge in [0.25, 0.3) is 0 Å². The van der Waals surface area contributed by atoms with Crippen molar-refractivity contribution in [3.63, 3.8) is 0 Å². The molecule has 108 valence electrons. The Morgan fingerprint density at radius 2 is 1.22 bits per heavy atom. The Balaban J connectivity index is 2.04. The van der Waals surface area contributed by atoms with Gasteiger partial charge in [-0.1, -0.05) is 48.0 Å². The average Bonchev–Trinajstić information content (AvgIpc) is 2.61. The standard InChI is InChI=1S/C20H11ClN2/c21-20-11-17(16-5-1-3-14(9-16)12-22)7-8-19(20)18-6-2-4-15(10-18)13-23/h1-11H. The van der Waals surface area contributed by atoms with Gasteiger partial charge in [0.1, 0.15) is 0 Å². The zero-order valence-electron chi connectivity index (χ0n) is 12.1. The van der Waals surface area contributed by atoms with Crippen LogP contribution < -0.4 is 0 Å². The first-order valence-corrected chi connectivity index (χ1v) is 7.39. The fourth-order valence-corrected chi connectivity index (χ4v) is 2.74. The zero-order valence-corrected chi connectivity index (χ0v) is 12.9. The number of benzene rings is 3. The Morgan fingerprint density at radius 3 is 1.83 bits per heavy atom. The molecule has 0 spiro atoms. The highest BCUT2D eigenvalue weighted by Gasteiger charge is 2.07. The number of hydrogen-bond acceptors (Lipinski definition) is 2. The molecule has 0 bridgehead atoms. The van der Waals surface area contributed by atoms with Crippen LogP contribution in [0.2, 0.25) is 5.02 Å². The second-order valence-electron chi connectivity index (χ2n) is 5.08. The van der Waals surface area contributed by atoms with Gasteiger partial charge in [-0.15, -0.1) is 0 Å². The van der Waals surface area contributed by atoms with E-state index in [2.05, 4.69) is 12.1 Å². The molecular weight excluding hydrogens is 304 g/mol. The van der Waals surface area contributed by atoms with Crippen LogP contribution in [0.3, 0.4) is 0 Å². The van der Waals surface area contributed by atoms with E-state index in [0.29, 0.717) is 16.1 Å². The second-order valence-corrected chi connectivity index (χ2v) is 5.49. The quantitative estimate of drug-likeness (QED) is 0.634. The molecule has 0 radical (unpaired) electrons. The lowest BCUT2D eigenvalue weighted by atomic mass is 9.98. The van der Waals surface area contributed by atoms with Crippen molar-refractivity contribution in [2.75, 3.05) is 0 Å². The van der Waals surface area contributed by atoms with Crippen molar-refractivity contribution < 1.29 is 0 Å². The van der Waals surface area contributed by atoms with Gasteiger partial charge in [-0.2, -0.15) is 10.5 Å². The van der Waals surface area contributed by atoms with E-state index in [1.807, 2.05) is 54.6 Å². The summed E-state index contributed by atoms with van der Waals surface area (Å²) in [7, 11) is 0. The smallest absolute Gasteiger partial charge is 0.0991 e. The molecule has 3 heteroatoms. The third kappa shape index (κ3) is 3.09. The van der Waals surface area contributed by atoms with Gasteiger partial charge in [0.05, 0.1) is 23.3 Å². The molecule has 0 fully saturated rings. The second kappa shape index (κ2) is 6.36. The fourth-order valence-electron chi connectivity index (χ4n) is 2.45. The van der Waals surface area contributed by atoms with Gasteiger partial charge in [0.15, 0.2) is 0 Å². The van der Waals surface area contributed by atoms with Gasteiger partial charge >= 0.3 is 0 Å². The molecular formula is C20H11ClN2. The van der Waals surface area contributed by atoms with Crippen molar-refractivity contribution in [2.45, 2.75) is 0 Å². The lowest BCUT2D eigenvalue weighted by Gasteiger charge is -2.08. The number of nitrogens with zero attached hydrogens (tertiary/aromatic N) is 2. The van der Waals surface area contributed by atoms with Crippen molar-refractivity contribution >= 4 is 11.6 Å². The summed E-state index contributed by atoms with van der Waals surface area (Å²) in [6.07, 6.45) is 0. The Kier molecular flexibility index (Phi) is 4.11. The predicted molar refractivity (Wildman–Crippen MR) is 91.8 cm³/mol. The molecule has 0 aliphatic heterocycles. The van der Waals surface area contributed by atoms with Crippen LogP contribution in [0, 0.1) is 22.7 Å². The van der Waals surface area contributed by atoms with Gasteiger partial charge in [-0.05, 0) is 47.0 Å². The lowest BCUT2D eigenvalue weighted by Crippen LogP contribution is -1.85. The molecule has 0 aliphatic carbocycles. The number of halogens is 1. The average molecular weight is 315 g/mol. The first-order chi connectivity index (χ1) is 11.2. The van der Waals surface area contributed by atoms with Crippen molar-refractivity contribution in [2.24, 2.45) is 0 Å². The van der Waals surface area contributed by atoms with Crippen LogP contribution in [0.5, 0.6) is 0 Å². The predicted octanol–water partition coefficient (Wildman–Crippen LogP) is 5.42. The van der Waals surface area contributed by atoms with E-state index >= 15 is 0 Å². The van der Waals surface area contributed by atoms with E-state index in [9.17, 15) is 0 Å². The highest BCUT2D eigenvalue weighted by atomic mass is 35.5. The van der Waals surface area contributed by atoms with Gasteiger partial charge < -0.3 is 0 Å². The number of nitriles is 2. The van der Waals surface area contributed by atoms with Crippen molar-refractivity contribution in [1.29, 1.82) is 10.5 Å². The van der Waals surface area contributed by atoms with Gasteiger partial charge in [0.2, 0.25) is 0 Å².